The third kappa shape index (κ3) is 2.21. The first-order valence-corrected chi connectivity index (χ1v) is 5.14. The van der Waals surface area contributed by atoms with E-state index in [1.165, 1.54) is 0 Å². The maximum absolute atomic E-state index is 11.4. The highest BCUT2D eigenvalue weighted by Gasteiger charge is 2.38. The Bertz CT molecular complexity index is 399. The molecule has 4 heteroatoms. The molecule has 0 aromatic heterocycles. The molecule has 1 aliphatic heterocycles. The van der Waals surface area contributed by atoms with Gasteiger partial charge in [0.25, 0.3) is 0 Å². The molecule has 16 heavy (non-hydrogen) atoms. The molecule has 0 radical (unpaired) electrons. The van der Waals surface area contributed by atoms with Crippen molar-refractivity contribution in [1.29, 1.82) is 0 Å². The van der Waals surface area contributed by atoms with Gasteiger partial charge in [-0.05, 0) is 12.0 Å². The van der Waals surface area contributed by atoms with Gasteiger partial charge in [0.05, 0.1) is 5.92 Å². The normalized spacial score (nSPS) is 24.1. The Balaban J connectivity index is 2.02. The topological polar surface area (TPSA) is 63.6 Å². The molecule has 0 saturated carbocycles. The minimum absolute atomic E-state index is 0.267. The second kappa shape index (κ2) is 4.35. The third-order valence-corrected chi connectivity index (χ3v) is 2.69. The first-order valence-electron chi connectivity index (χ1n) is 5.14. The van der Waals surface area contributed by atoms with Gasteiger partial charge >= 0.3 is 11.9 Å². The Hall–Kier alpha value is -1.84. The Morgan fingerprint density at radius 3 is 2.62 bits per heavy atom. The van der Waals surface area contributed by atoms with Crippen LogP contribution in [0.1, 0.15) is 12.0 Å². The first-order chi connectivity index (χ1) is 7.66. The van der Waals surface area contributed by atoms with Crippen LogP contribution in [0.4, 0.5) is 0 Å². The third-order valence-electron chi connectivity index (χ3n) is 2.69. The second-order valence-corrected chi connectivity index (χ2v) is 3.89. The van der Waals surface area contributed by atoms with Crippen molar-refractivity contribution in [3.05, 3.63) is 35.9 Å². The van der Waals surface area contributed by atoms with Crippen molar-refractivity contribution in [3.8, 4) is 0 Å². The summed E-state index contributed by atoms with van der Waals surface area (Å²) in [4.78, 5) is 22.1. The quantitative estimate of drug-likeness (QED) is 0.778. The highest BCUT2D eigenvalue weighted by molar-refractivity contribution is 5.83. The number of ether oxygens (including phenoxy) is 1. The fourth-order valence-corrected chi connectivity index (χ4v) is 1.86. The number of benzene rings is 1. The largest absolute Gasteiger partial charge is 0.479 e. The standard InChI is InChI=1S/C12H12O4/c13-11(14)10-7-9(12(15)16-10)6-8-4-2-1-3-5-8/h1-5,9-10H,6-7H2,(H,13,14)/t9-,10?/m1/s1. The van der Waals surface area contributed by atoms with Gasteiger partial charge in [-0.25, -0.2) is 4.79 Å². The number of carbonyl (C=O) groups is 2. The van der Waals surface area contributed by atoms with Crippen LogP contribution in [-0.4, -0.2) is 23.1 Å². The van der Waals surface area contributed by atoms with Crippen LogP contribution in [0.25, 0.3) is 0 Å². The van der Waals surface area contributed by atoms with Gasteiger partial charge in [0, 0.05) is 6.42 Å². The van der Waals surface area contributed by atoms with Gasteiger partial charge in [-0.2, -0.15) is 0 Å². The monoisotopic (exact) mass is 220 g/mol. The van der Waals surface area contributed by atoms with Crippen LogP contribution in [0.3, 0.4) is 0 Å². The van der Waals surface area contributed by atoms with E-state index in [9.17, 15) is 9.59 Å². The SMILES string of the molecule is O=C(O)C1C[C@@H](Cc2ccccc2)C(=O)O1. The van der Waals surface area contributed by atoms with Crippen LogP contribution >= 0.6 is 0 Å². The number of carbonyl (C=O) groups excluding carboxylic acids is 1. The second-order valence-electron chi connectivity index (χ2n) is 3.89. The van der Waals surface area contributed by atoms with E-state index in [0.29, 0.717) is 6.42 Å². The lowest BCUT2D eigenvalue weighted by Gasteiger charge is -2.04. The lowest BCUT2D eigenvalue weighted by molar-refractivity contribution is -0.157. The molecule has 1 saturated heterocycles. The smallest absolute Gasteiger partial charge is 0.345 e. The van der Waals surface area contributed by atoms with Crippen molar-refractivity contribution in [2.75, 3.05) is 0 Å². The van der Waals surface area contributed by atoms with Crippen LogP contribution in [0, 0.1) is 5.92 Å². The van der Waals surface area contributed by atoms with Gasteiger partial charge in [0.2, 0.25) is 0 Å². The minimum atomic E-state index is -1.07. The Morgan fingerprint density at radius 2 is 2.06 bits per heavy atom. The molecule has 1 aromatic rings. The van der Waals surface area contributed by atoms with E-state index in [4.69, 9.17) is 9.84 Å². The van der Waals surface area contributed by atoms with Crippen molar-refractivity contribution in [2.45, 2.75) is 18.9 Å². The van der Waals surface area contributed by atoms with Crippen molar-refractivity contribution < 1.29 is 19.4 Å². The number of hydrogen-bond donors (Lipinski definition) is 1. The number of carboxylic acids is 1. The molecule has 1 N–H and O–H groups in total. The number of aliphatic carboxylic acids is 1. The highest BCUT2D eigenvalue weighted by Crippen LogP contribution is 2.24. The summed E-state index contributed by atoms with van der Waals surface area (Å²) in [5.74, 6) is -1.80. The summed E-state index contributed by atoms with van der Waals surface area (Å²) < 4.78 is 4.77. The van der Waals surface area contributed by atoms with Crippen molar-refractivity contribution >= 4 is 11.9 Å². The maximum Gasteiger partial charge on any atom is 0.345 e. The van der Waals surface area contributed by atoms with Gasteiger partial charge in [-0.1, -0.05) is 30.3 Å². The lowest BCUT2D eigenvalue weighted by Crippen LogP contribution is -2.18. The van der Waals surface area contributed by atoms with Crippen LogP contribution in [-0.2, 0) is 20.7 Å². The molecule has 2 rings (SSSR count). The predicted molar refractivity (Wildman–Crippen MR) is 55.8 cm³/mol. The number of hydrogen-bond acceptors (Lipinski definition) is 3. The fourth-order valence-electron chi connectivity index (χ4n) is 1.86. The summed E-state index contributed by atoms with van der Waals surface area (Å²) in [6.45, 7) is 0. The molecule has 1 aliphatic rings. The van der Waals surface area contributed by atoms with E-state index in [1.807, 2.05) is 30.3 Å². The molecule has 4 nitrogen and oxygen atoms in total. The van der Waals surface area contributed by atoms with E-state index in [0.717, 1.165) is 5.56 Å². The Labute approximate surface area is 92.8 Å². The number of carboxylic acid groups (broad SMARTS) is 1. The molecular formula is C12H12O4. The number of cyclic esters (lactones) is 1. The van der Waals surface area contributed by atoms with Crippen molar-refractivity contribution in [3.63, 3.8) is 0 Å². The van der Waals surface area contributed by atoms with Crippen LogP contribution in [0.2, 0.25) is 0 Å². The van der Waals surface area contributed by atoms with Crippen molar-refractivity contribution in [1.82, 2.24) is 0 Å². The lowest BCUT2D eigenvalue weighted by atomic mass is 9.96. The molecule has 2 atom stereocenters. The average molecular weight is 220 g/mol. The molecule has 0 amide bonds. The Morgan fingerprint density at radius 1 is 1.38 bits per heavy atom. The molecule has 84 valence electrons. The summed E-state index contributed by atoms with van der Waals surface area (Å²) >= 11 is 0. The Kier molecular flexibility index (Phi) is 2.90. The van der Waals surface area contributed by atoms with E-state index in [2.05, 4.69) is 0 Å². The highest BCUT2D eigenvalue weighted by atomic mass is 16.6. The van der Waals surface area contributed by atoms with Crippen LogP contribution < -0.4 is 0 Å². The van der Waals surface area contributed by atoms with Crippen molar-refractivity contribution in [2.24, 2.45) is 5.92 Å². The van der Waals surface area contributed by atoms with E-state index < -0.39 is 18.0 Å². The van der Waals surface area contributed by atoms with Crippen LogP contribution in [0.5, 0.6) is 0 Å². The van der Waals surface area contributed by atoms with Gasteiger partial charge < -0.3 is 9.84 Å². The first kappa shape index (κ1) is 10.7. The fraction of sp³-hybridized carbons (Fsp3) is 0.333. The molecule has 1 aromatic carbocycles. The minimum Gasteiger partial charge on any atom is -0.479 e. The van der Waals surface area contributed by atoms with E-state index in [1.54, 1.807) is 0 Å². The van der Waals surface area contributed by atoms with E-state index >= 15 is 0 Å². The molecular weight excluding hydrogens is 208 g/mol. The number of rotatable bonds is 3. The molecule has 0 aliphatic carbocycles. The zero-order valence-electron chi connectivity index (χ0n) is 8.63. The maximum atomic E-state index is 11.4. The summed E-state index contributed by atoms with van der Waals surface area (Å²) in [5.41, 5.74) is 1.02. The van der Waals surface area contributed by atoms with Crippen LogP contribution in [0.15, 0.2) is 30.3 Å². The van der Waals surface area contributed by atoms with Gasteiger partial charge in [-0.3, -0.25) is 4.79 Å². The summed E-state index contributed by atoms with van der Waals surface area (Å²) in [5, 5.41) is 8.74. The zero-order valence-corrected chi connectivity index (χ0v) is 8.63. The van der Waals surface area contributed by atoms with Gasteiger partial charge in [0.1, 0.15) is 0 Å². The number of esters is 1. The van der Waals surface area contributed by atoms with E-state index in [-0.39, 0.29) is 12.3 Å². The molecule has 1 heterocycles. The summed E-state index contributed by atoms with van der Waals surface area (Å²) in [6.07, 6.45) is -0.159. The van der Waals surface area contributed by atoms with Gasteiger partial charge in [-0.15, -0.1) is 0 Å². The summed E-state index contributed by atoms with van der Waals surface area (Å²) in [7, 11) is 0. The zero-order chi connectivity index (χ0) is 11.5. The average Bonchev–Trinajstić information content (AvgIpc) is 2.62. The molecule has 1 fully saturated rings. The van der Waals surface area contributed by atoms with Gasteiger partial charge in [0.15, 0.2) is 6.10 Å². The molecule has 1 unspecified atom stereocenters. The molecule has 0 spiro atoms. The summed E-state index contributed by atoms with van der Waals surface area (Å²) in [6, 6.07) is 9.52. The molecule has 0 bridgehead atoms. The predicted octanol–water partition coefficient (Wildman–Crippen LogP) is 1.25.